The number of pyridine rings is 1. The monoisotopic (exact) mass is 308 g/mol. The third kappa shape index (κ3) is 5.04. The van der Waals surface area contributed by atoms with Gasteiger partial charge in [-0.1, -0.05) is 6.07 Å². The molecule has 1 heterocycles. The number of sulfonamides is 1. The van der Waals surface area contributed by atoms with Crippen molar-refractivity contribution >= 4 is 21.6 Å². The molecule has 0 saturated carbocycles. The first-order valence-corrected chi connectivity index (χ1v) is 7.57. The van der Waals surface area contributed by atoms with Gasteiger partial charge in [-0.2, -0.15) is 0 Å². The van der Waals surface area contributed by atoms with Gasteiger partial charge in [-0.25, -0.2) is 18.1 Å². The Morgan fingerprint density at radius 1 is 1.42 bits per heavy atom. The Labute approximate surface area is 118 Å². The number of nitrogens with zero attached hydrogens (tertiary/aromatic N) is 1. The molecule has 0 amide bonds. The molecule has 0 radical (unpaired) electrons. The number of halogens is 1. The summed E-state index contributed by atoms with van der Waals surface area (Å²) in [7, 11) is -0.636. The van der Waals surface area contributed by atoms with Crippen LogP contribution in [0, 0.1) is 0 Å². The number of hydrogen-bond acceptors (Lipinski definition) is 5. The van der Waals surface area contributed by atoms with Crippen molar-refractivity contribution in [3.63, 3.8) is 0 Å². The Morgan fingerprint density at radius 3 is 2.63 bits per heavy atom. The lowest BCUT2D eigenvalue weighted by molar-refractivity contribution is 0.0320. The van der Waals surface area contributed by atoms with Crippen LogP contribution in [0.1, 0.15) is 5.56 Å². The van der Waals surface area contributed by atoms with Crippen LogP contribution in [0.2, 0.25) is 0 Å². The van der Waals surface area contributed by atoms with Crippen LogP contribution >= 0.6 is 11.6 Å². The summed E-state index contributed by atoms with van der Waals surface area (Å²) in [5.41, 5.74) is 0.759. The molecule has 0 aliphatic heterocycles. The van der Waals surface area contributed by atoms with Gasteiger partial charge in [0.05, 0.1) is 12.7 Å². The van der Waals surface area contributed by atoms with Gasteiger partial charge >= 0.3 is 0 Å². The first-order chi connectivity index (χ1) is 9.03. The number of hydrogen-bond donors (Lipinski definition) is 1. The van der Waals surface area contributed by atoms with E-state index in [0.717, 1.165) is 5.56 Å². The summed E-state index contributed by atoms with van der Waals surface area (Å²) in [6.07, 6.45) is 1.09. The second-order valence-corrected chi connectivity index (χ2v) is 5.78. The van der Waals surface area contributed by atoms with E-state index < -0.39 is 10.0 Å². The Balaban J connectivity index is 2.69. The van der Waals surface area contributed by atoms with Gasteiger partial charge in [-0.05, 0) is 11.6 Å². The van der Waals surface area contributed by atoms with E-state index in [2.05, 4.69) is 9.71 Å². The minimum atomic E-state index is -3.65. The number of ether oxygens (including phenoxy) is 2. The third-order valence-electron chi connectivity index (χ3n) is 2.41. The van der Waals surface area contributed by atoms with Crippen molar-refractivity contribution in [2.75, 3.05) is 27.4 Å². The molecule has 0 fully saturated rings. The maximum absolute atomic E-state index is 12.0. The summed E-state index contributed by atoms with van der Waals surface area (Å²) >= 11 is 5.61. The van der Waals surface area contributed by atoms with Crippen molar-refractivity contribution in [2.45, 2.75) is 17.0 Å². The Bertz CT molecular complexity index is 478. The van der Waals surface area contributed by atoms with Crippen LogP contribution in [0.25, 0.3) is 0 Å². The summed E-state index contributed by atoms with van der Waals surface area (Å²) < 4.78 is 36.3. The van der Waals surface area contributed by atoms with Crippen molar-refractivity contribution in [3.8, 4) is 0 Å². The van der Waals surface area contributed by atoms with Gasteiger partial charge in [-0.15, -0.1) is 11.6 Å². The van der Waals surface area contributed by atoms with Gasteiger partial charge in [0, 0.05) is 32.8 Å². The van der Waals surface area contributed by atoms with E-state index in [9.17, 15) is 8.42 Å². The Kier molecular flexibility index (Phi) is 6.67. The highest BCUT2D eigenvalue weighted by atomic mass is 35.5. The van der Waals surface area contributed by atoms with Crippen molar-refractivity contribution in [1.82, 2.24) is 9.71 Å². The zero-order valence-electron chi connectivity index (χ0n) is 10.8. The van der Waals surface area contributed by atoms with Crippen molar-refractivity contribution in [2.24, 2.45) is 0 Å². The molecule has 1 atom stereocenters. The highest BCUT2D eigenvalue weighted by molar-refractivity contribution is 7.89. The maximum atomic E-state index is 12.0. The largest absolute Gasteiger partial charge is 0.382 e. The summed E-state index contributed by atoms with van der Waals surface area (Å²) in [6.45, 7) is 0.420. The average molecular weight is 309 g/mol. The van der Waals surface area contributed by atoms with Crippen LogP contribution in [0.15, 0.2) is 23.4 Å². The molecule has 0 bridgehead atoms. The van der Waals surface area contributed by atoms with Crippen LogP contribution in [0.4, 0.5) is 0 Å². The lowest BCUT2D eigenvalue weighted by Gasteiger charge is -2.14. The molecule has 0 aromatic carbocycles. The molecule has 1 aromatic heterocycles. The summed E-state index contributed by atoms with van der Waals surface area (Å²) in [6, 6.07) is 3.04. The SMILES string of the molecule is COCC(CNS(=O)(=O)c1ccc(CCl)cn1)OC. The van der Waals surface area contributed by atoms with Gasteiger partial charge in [0.15, 0.2) is 5.03 Å². The smallest absolute Gasteiger partial charge is 0.258 e. The zero-order valence-corrected chi connectivity index (χ0v) is 12.4. The molecule has 6 nitrogen and oxygen atoms in total. The van der Waals surface area contributed by atoms with Crippen LogP contribution in [0.3, 0.4) is 0 Å². The van der Waals surface area contributed by atoms with E-state index in [1.165, 1.54) is 26.5 Å². The predicted molar refractivity (Wildman–Crippen MR) is 71.7 cm³/mol. The molecule has 1 unspecified atom stereocenters. The van der Waals surface area contributed by atoms with Gasteiger partial charge in [0.1, 0.15) is 0 Å². The quantitative estimate of drug-likeness (QED) is 0.717. The van der Waals surface area contributed by atoms with E-state index in [1.54, 1.807) is 6.07 Å². The minimum Gasteiger partial charge on any atom is -0.382 e. The van der Waals surface area contributed by atoms with Crippen molar-refractivity contribution in [3.05, 3.63) is 23.9 Å². The molecule has 0 spiro atoms. The van der Waals surface area contributed by atoms with Crippen molar-refractivity contribution in [1.29, 1.82) is 0 Å². The standard InChI is InChI=1S/C11H17ClN2O4S/c1-17-8-10(18-2)7-14-19(15,16)11-4-3-9(5-12)6-13-11/h3-4,6,10,14H,5,7-8H2,1-2H3. The average Bonchev–Trinajstić information content (AvgIpc) is 2.43. The fourth-order valence-electron chi connectivity index (χ4n) is 1.32. The molecule has 0 saturated heterocycles. The molecule has 19 heavy (non-hydrogen) atoms. The first kappa shape index (κ1) is 16.3. The highest BCUT2D eigenvalue weighted by Gasteiger charge is 2.17. The predicted octanol–water partition coefficient (Wildman–Crippen LogP) is 0.760. The van der Waals surface area contributed by atoms with E-state index >= 15 is 0 Å². The van der Waals surface area contributed by atoms with Crippen LogP contribution in [0.5, 0.6) is 0 Å². The first-order valence-electron chi connectivity index (χ1n) is 5.55. The summed E-state index contributed by atoms with van der Waals surface area (Å²) in [5, 5.41) is -0.0476. The molecule has 108 valence electrons. The lowest BCUT2D eigenvalue weighted by Crippen LogP contribution is -2.35. The zero-order chi connectivity index (χ0) is 14.3. The summed E-state index contributed by atoms with van der Waals surface area (Å²) in [4.78, 5) is 3.86. The van der Waals surface area contributed by atoms with Crippen LogP contribution in [-0.4, -0.2) is 46.9 Å². The second-order valence-electron chi connectivity index (χ2n) is 3.80. The molecular weight excluding hydrogens is 292 g/mol. The highest BCUT2D eigenvalue weighted by Crippen LogP contribution is 2.08. The summed E-state index contributed by atoms with van der Waals surface area (Å²) in [5.74, 6) is 0.292. The Morgan fingerprint density at radius 2 is 2.16 bits per heavy atom. The maximum Gasteiger partial charge on any atom is 0.258 e. The van der Waals surface area contributed by atoms with E-state index in [4.69, 9.17) is 21.1 Å². The molecule has 8 heteroatoms. The van der Waals surface area contributed by atoms with E-state index in [1.807, 2.05) is 0 Å². The van der Waals surface area contributed by atoms with E-state index in [0.29, 0.717) is 12.5 Å². The number of aromatic nitrogens is 1. The van der Waals surface area contributed by atoms with E-state index in [-0.39, 0.29) is 17.7 Å². The number of nitrogens with one attached hydrogen (secondary N) is 1. The second kappa shape index (κ2) is 7.76. The van der Waals surface area contributed by atoms with Gasteiger partial charge in [0.2, 0.25) is 0 Å². The normalized spacial score (nSPS) is 13.4. The fourth-order valence-corrected chi connectivity index (χ4v) is 2.47. The number of methoxy groups -OCH3 is 2. The van der Waals surface area contributed by atoms with Crippen molar-refractivity contribution < 1.29 is 17.9 Å². The molecular formula is C11H17ClN2O4S. The minimum absolute atomic E-state index is 0.0476. The number of rotatable bonds is 8. The van der Waals surface area contributed by atoms with Crippen LogP contribution < -0.4 is 4.72 Å². The third-order valence-corrected chi connectivity index (χ3v) is 4.06. The fraction of sp³-hybridized carbons (Fsp3) is 0.545. The Hall–Kier alpha value is -0.730. The van der Waals surface area contributed by atoms with Gasteiger partial charge in [0.25, 0.3) is 10.0 Å². The van der Waals surface area contributed by atoms with Gasteiger partial charge in [-0.3, -0.25) is 0 Å². The molecule has 0 aliphatic rings. The molecule has 1 rings (SSSR count). The lowest BCUT2D eigenvalue weighted by atomic mass is 10.3. The van der Waals surface area contributed by atoms with Crippen LogP contribution in [-0.2, 0) is 25.4 Å². The topological polar surface area (TPSA) is 77.5 Å². The molecule has 1 N–H and O–H groups in total. The molecule has 1 aromatic rings. The molecule has 0 aliphatic carbocycles. The number of alkyl halides is 1. The van der Waals surface area contributed by atoms with Gasteiger partial charge < -0.3 is 9.47 Å².